The van der Waals surface area contributed by atoms with Gasteiger partial charge in [-0.15, -0.1) is 0 Å². The maximum Gasteiger partial charge on any atom is 0.191 e. The van der Waals surface area contributed by atoms with Gasteiger partial charge >= 0.3 is 0 Å². The predicted octanol–water partition coefficient (Wildman–Crippen LogP) is 0.973. The predicted molar refractivity (Wildman–Crippen MR) is 110 cm³/mol. The Hall–Kier alpha value is -1.67. The summed E-state index contributed by atoms with van der Waals surface area (Å²) >= 11 is 0. The van der Waals surface area contributed by atoms with Gasteiger partial charge in [0.1, 0.15) is 0 Å². The minimum absolute atomic E-state index is 0.000606. The highest BCUT2D eigenvalue weighted by atomic mass is 16.5. The number of benzene rings is 1. The standard InChI is InChI=1S/C21H34N4O3/c1-22-20(24-16-21(6-10-26)7-11-28-17-21)23-14-18-4-2-3-5-19(18)15-25-8-12-27-13-9-25/h2-5,26H,6-17H2,1H3,(H2,22,23,24). The van der Waals surface area contributed by atoms with Crippen molar-refractivity contribution in [2.24, 2.45) is 10.4 Å². The Morgan fingerprint density at radius 3 is 2.61 bits per heavy atom. The van der Waals surface area contributed by atoms with Crippen molar-refractivity contribution in [3.05, 3.63) is 35.4 Å². The summed E-state index contributed by atoms with van der Waals surface area (Å²) in [6, 6.07) is 8.57. The summed E-state index contributed by atoms with van der Waals surface area (Å²) < 4.78 is 11.0. The second kappa shape index (κ2) is 10.8. The van der Waals surface area contributed by atoms with Crippen LogP contribution in [0.4, 0.5) is 0 Å². The van der Waals surface area contributed by atoms with Crippen molar-refractivity contribution in [2.75, 3.05) is 59.7 Å². The highest BCUT2D eigenvalue weighted by Gasteiger charge is 2.34. The molecule has 0 aromatic heterocycles. The molecule has 2 aliphatic heterocycles. The fraction of sp³-hybridized carbons (Fsp3) is 0.667. The van der Waals surface area contributed by atoms with Crippen LogP contribution in [0, 0.1) is 5.41 Å². The number of aliphatic imine (C=N–C) groups is 1. The Bertz CT molecular complexity index is 626. The Kier molecular flexibility index (Phi) is 8.09. The van der Waals surface area contributed by atoms with Crippen LogP contribution in [0.15, 0.2) is 29.3 Å². The molecular formula is C21H34N4O3. The first-order valence-electron chi connectivity index (χ1n) is 10.2. The Morgan fingerprint density at radius 1 is 1.14 bits per heavy atom. The Balaban J connectivity index is 1.53. The molecule has 7 nitrogen and oxygen atoms in total. The summed E-state index contributed by atoms with van der Waals surface area (Å²) in [5, 5.41) is 16.3. The molecule has 1 atom stereocenters. The lowest BCUT2D eigenvalue weighted by Crippen LogP contribution is -2.44. The zero-order chi connectivity index (χ0) is 19.7. The van der Waals surface area contributed by atoms with Gasteiger partial charge in [0, 0.05) is 58.4 Å². The molecule has 3 rings (SSSR count). The van der Waals surface area contributed by atoms with Crippen LogP contribution in [-0.4, -0.2) is 75.7 Å². The zero-order valence-electron chi connectivity index (χ0n) is 17.0. The van der Waals surface area contributed by atoms with Crippen LogP contribution in [0.3, 0.4) is 0 Å². The first-order valence-corrected chi connectivity index (χ1v) is 10.2. The van der Waals surface area contributed by atoms with Gasteiger partial charge in [-0.25, -0.2) is 0 Å². The van der Waals surface area contributed by atoms with Crippen LogP contribution in [0.5, 0.6) is 0 Å². The van der Waals surface area contributed by atoms with Crippen molar-refractivity contribution >= 4 is 5.96 Å². The van der Waals surface area contributed by atoms with E-state index >= 15 is 0 Å². The molecule has 0 aliphatic carbocycles. The van der Waals surface area contributed by atoms with Crippen molar-refractivity contribution < 1.29 is 14.6 Å². The highest BCUT2D eigenvalue weighted by molar-refractivity contribution is 5.79. The van der Waals surface area contributed by atoms with E-state index in [9.17, 15) is 5.11 Å². The second-order valence-electron chi connectivity index (χ2n) is 7.71. The number of aliphatic hydroxyl groups excluding tert-OH is 1. The van der Waals surface area contributed by atoms with Crippen molar-refractivity contribution in [3.63, 3.8) is 0 Å². The lowest BCUT2D eigenvalue weighted by molar-refractivity contribution is 0.0341. The average molecular weight is 391 g/mol. The zero-order valence-corrected chi connectivity index (χ0v) is 17.0. The molecule has 156 valence electrons. The van der Waals surface area contributed by atoms with E-state index in [0.717, 1.165) is 71.3 Å². The van der Waals surface area contributed by atoms with Gasteiger partial charge in [-0.05, 0) is 24.0 Å². The highest BCUT2D eigenvalue weighted by Crippen LogP contribution is 2.31. The molecule has 2 fully saturated rings. The topological polar surface area (TPSA) is 78.4 Å². The van der Waals surface area contributed by atoms with E-state index in [4.69, 9.17) is 9.47 Å². The summed E-state index contributed by atoms with van der Waals surface area (Å²) in [5.41, 5.74) is 2.63. The van der Waals surface area contributed by atoms with E-state index in [2.05, 4.69) is 44.8 Å². The maximum absolute atomic E-state index is 9.39. The van der Waals surface area contributed by atoms with E-state index < -0.39 is 0 Å². The lowest BCUT2D eigenvalue weighted by atomic mass is 9.84. The molecule has 0 bridgehead atoms. The molecule has 2 heterocycles. The molecule has 0 spiro atoms. The third-order valence-corrected chi connectivity index (χ3v) is 5.74. The first-order chi connectivity index (χ1) is 13.7. The van der Waals surface area contributed by atoms with E-state index in [1.54, 1.807) is 7.05 Å². The van der Waals surface area contributed by atoms with Crippen molar-refractivity contribution in [1.82, 2.24) is 15.5 Å². The normalized spacial score (nSPS) is 23.7. The number of nitrogens with one attached hydrogen (secondary N) is 2. The van der Waals surface area contributed by atoms with Gasteiger partial charge in [-0.2, -0.15) is 0 Å². The van der Waals surface area contributed by atoms with Gasteiger partial charge in [0.2, 0.25) is 0 Å². The third kappa shape index (κ3) is 5.91. The number of hydrogen-bond acceptors (Lipinski definition) is 5. The largest absolute Gasteiger partial charge is 0.396 e. The van der Waals surface area contributed by atoms with E-state index in [0.29, 0.717) is 6.61 Å². The fourth-order valence-corrected chi connectivity index (χ4v) is 3.87. The van der Waals surface area contributed by atoms with Crippen molar-refractivity contribution in [1.29, 1.82) is 0 Å². The summed E-state index contributed by atoms with van der Waals surface area (Å²) in [7, 11) is 1.79. The molecule has 1 unspecified atom stereocenters. The number of hydrogen-bond donors (Lipinski definition) is 3. The van der Waals surface area contributed by atoms with Crippen LogP contribution in [0.2, 0.25) is 0 Å². The van der Waals surface area contributed by atoms with E-state index in [1.165, 1.54) is 11.1 Å². The molecule has 7 heteroatoms. The van der Waals surface area contributed by atoms with E-state index in [1.807, 2.05) is 0 Å². The second-order valence-corrected chi connectivity index (χ2v) is 7.71. The van der Waals surface area contributed by atoms with Gasteiger partial charge in [0.25, 0.3) is 0 Å². The molecule has 1 aromatic rings. The molecule has 1 aromatic carbocycles. The minimum Gasteiger partial charge on any atom is -0.396 e. The van der Waals surface area contributed by atoms with Gasteiger partial charge in [0.05, 0.1) is 19.8 Å². The van der Waals surface area contributed by atoms with E-state index in [-0.39, 0.29) is 12.0 Å². The van der Waals surface area contributed by atoms with Gasteiger partial charge in [-0.1, -0.05) is 24.3 Å². The monoisotopic (exact) mass is 390 g/mol. The number of rotatable bonds is 8. The minimum atomic E-state index is 0.000606. The molecule has 0 saturated carbocycles. The number of guanidine groups is 1. The Morgan fingerprint density at radius 2 is 1.93 bits per heavy atom. The number of morpholine rings is 1. The van der Waals surface area contributed by atoms with Crippen LogP contribution in [-0.2, 0) is 22.6 Å². The quantitative estimate of drug-likeness (QED) is 0.454. The third-order valence-electron chi connectivity index (χ3n) is 5.74. The fourth-order valence-electron chi connectivity index (χ4n) is 3.87. The molecule has 0 amide bonds. The first kappa shape index (κ1) is 21.0. The number of ether oxygens (including phenoxy) is 2. The molecular weight excluding hydrogens is 356 g/mol. The van der Waals surface area contributed by atoms with Crippen molar-refractivity contribution in [2.45, 2.75) is 25.9 Å². The van der Waals surface area contributed by atoms with Crippen LogP contribution < -0.4 is 10.6 Å². The molecule has 3 N–H and O–H groups in total. The average Bonchev–Trinajstić information content (AvgIpc) is 3.19. The molecule has 0 radical (unpaired) electrons. The summed E-state index contributed by atoms with van der Waals surface area (Å²) in [6.45, 7) is 7.68. The molecule has 2 aliphatic rings. The number of nitrogens with zero attached hydrogens (tertiary/aromatic N) is 2. The summed E-state index contributed by atoms with van der Waals surface area (Å²) in [5.74, 6) is 0.783. The molecule has 28 heavy (non-hydrogen) atoms. The summed E-state index contributed by atoms with van der Waals surface area (Å²) in [6.07, 6.45) is 1.72. The summed E-state index contributed by atoms with van der Waals surface area (Å²) in [4.78, 5) is 6.80. The van der Waals surface area contributed by atoms with Crippen LogP contribution in [0.25, 0.3) is 0 Å². The van der Waals surface area contributed by atoms with Crippen molar-refractivity contribution in [3.8, 4) is 0 Å². The molecule has 2 saturated heterocycles. The Labute approximate surface area is 168 Å². The smallest absolute Gasteiger partial charge is 0.191 e. The number of aliphatic hydroxyl groups is 1. The van der Waals surface area contributed by atoms with Gasteiger partial charge < -0.3 is 25.2 Å². The van der Waals surface area contributed by atoms with Gasteiger partial charge in [0.15, 0.2) is 5.96 Å². The van der Waals surface area contributed by atoms with Crippen LogP contribution in [0.1, 0.15) is 24.0 Å². The van der Waals surface area contributed by atoms with Gasteiger partial charge in [-0.3, -0.25) is 9.89 Å². The lowest BCUT2D eigenvalue weighted by Gasteiger charge is -2.28. The SMILES string of the molecule is CN=C(NCc1ccccc1CN1CCOCC1)NCC1(CCO)CCOC1. The van der Waals surface area contributed by atoms with Crippen LogP contribution >= 0.6 is 0 Å². The maximum atomic E-state index is 9.39.